The SMILES string of the molecule is O=C1C(=CC=Cc2ccccc2)CC/C1=C\C=C\c1ccccc1. The van der Waals surface area contributed by atoms with E-state index in [1.807, 2.05) is 97.1 Å². The molecule has 1 aliphatic rings. The molecule has 0 aromatic heterocycles. The molecule has 0 atom stereocenters. The maximum atomic E-state index is 12.4. The van der Waals surface area contributed by atoms with Gasteiger partial charge in [0.15, 0.2) is 5.78 Å². The lowest BCUT2D eigenvalue weighted by Crippen LogP contribution is -1.94. The van der Waals surface area contributed by atoms with E-state index in [9.17, 15) is 4.79 Å². The van der Waals surface area contributed by atoms with Crippen molar-refractivity contribution in [3.63, 3.8) is 0 Å². The van der Waals surface area contributed by atoms with E-state index in [1.165, 1.54) is 0 Å². The fourth-order valence-corrected chi connectivity index (χ4v) is 2.70. The Morgan fingerprint density at radius 2 is 1.04 bits per heavy atom. The summed E-state index contributed by atoms with van der Waals surface area (Å²) >= 11 is 0. The second-order valence-corrected chi connectivity index (χ2v) is 5.75. The van der Waals surface area contributed by atoms with Gasteiger partial charge in [-0.15, -0.1) is 0 Å². The molecule has 1 heteroatoms. The van der Waals surface area contributed by atoms with E-state index < -0.39 is 0 Å². The highest BCUT2D eigenvalue weighted by Crippen LogP contribution is 2.26. The number of hydrogen-bond donors (Lipinski definition) is 0. The molecular weight excluding hydrogens is 292 g/mol. The topological polar surface area (TPSA) is 17.1 Å². The molecular formula is C23H20O. The molecule has 1 nitrogen and oxygen atoms in total. The first-order valence-corrected chi connectivity index (χ1v) is 8.22. The van der Waals surface area contributed by atoms with Crippen LogP contribution in [0.1, 0.15) is 24.0 Å². The van der Waals surface area contributed by atoms with E-state index >= 15 is 0 Å². The van der Waals surface area contributed by atoms with Gasteiger partial charge in [-0.2, -0.15) is 0 Å². The van der Waals surface area contributed by atoms with Crippen LogP contribution >= 0.6 is 0 Å². The van der Waals surface area contributed by atoms with Crippen molar-refractivity contribution in [2.45, 2.75) is 12.8 Å². The summed E-state index contributed by atoms with van der Waals surface area (Å²) in [5, 5.41) is 0. The molecule has 1 fully saturated rings. The first kappa shape index (κ1) is 15.9. The summed E-state index contributed by atoms with van der Waals surface area (Å²) in [6.45, 7) is 0. The summed E-state index contributed by atoms with van der Waals surface area (Å²) in [4.78, 5) is 12.4. The van der Waals surface area contributed by atoms with Crippen molar-refractivity contribution in [1.82, 2.24) is 0 Å². The predicted octanol–water partition coefficient (Wildman–Crippen LogP) is 5.63. The molecule has 118 valence electrons. The summed E-state index contributed by atoms with van der Waals surface area (Å²) in [6.07, 6.45) is 13.5. The molecule has 0 radical (unpaired) electrons. The Labute approximate surface area is 143 Å². The van der Waals surface area contributed by atoms with Gasteiger partial charge >= 0.3 is 0 Å². The molecule has 1 saturated carbocycles. The molecule has 1 aliphatic carbocycles. The Bertz CT molecular complexity index is 736. The largest absolute Gasteiger partial charge is 0.289 e. The van der Waals surface area contributed by atoms with Gasteiger partial charge in [0, 0.05) is 11.1 Å². The monoisotopic (exact) mass is 312 g/mol. The lowest BCUT2D eigenvalue weighted by Gasteiger charge is -1.93. The number of allylic oxidation sites excluding steroid dienone is 6. The highest BCUT2D eigenvalue weighted by atomic mass is 16.1. The third kappa shape index (κ3) is 4.30. The fraction of sp³-hybridized carbons (Fsp3) is 0.0870. The number of carbonyl (C=O) groups excluding carboxylic acids is 1. The minimum Gasteiger partial charge on any atom is -0.289 e. The van der Waals surface area contributed by atoms with Gasteiger partial charge in [-0.25, -0.2) is 0 Å². The summed E-state index contributed by atoms with van der Waals surface area (Å²) in [6, 6.07) is 20.2. The van der Waals surface area contributed by atoms with Crippen LogP contribution in [0, 0.1) is 0 Å². The van der Waals surface area contributed by atoms with Gasteiger partial charge in [0.25, 0.3) is 0 Å². The third-order valence-electron chi connectivity index (χ3n) is 4.02. The van der Waals surface area contributed by atoms with Crippen LogP contribution < -0.4 is 0 Å². The number of benzene rings is 2. The average molecular weight is 312 g/mol. The summed E-state index contributed by atoms with van der Waals surface area (Å²) in [5.41, 5.74) is 4.06. The normalized spacial score (nSPS) is 18.4. The second kappa shape index (κ2) is 8.07. The van der Waals surface area contributed by atoms with Crippen molar-refractivity contribution >= 4 is 17.9 Å². The van der Waals surface area contributed by atoms with Gasteiger partial charge in [0.05, 0.1) is 0 Å². The summed E-state index contributed by atoms with van der Waals surface area (Å²) in [5.74, 6) is 0.172. The quantitative estimate of drug-likeness (QED) is 0.669. The Kier molecular flexibility index (Phi) is 5.36. The molecule has 0 heterocycles. The Hall–Kier alpha value is -2.93. The number of ketones is 1. The molecule has 0 spiro atoms. The van der Waals surface area contributed by atoms with Crippen molar-refractivity contribution in [1.29, 1.82) is 0 Å². The number of carbonyl (C=O) groups is 1. The van der Waals surface area contributed by atoms with Gasteiger partial charge in [0.1, 0.15) is 0 Å². The molecule has 3 rings (SSSR count). The van der Waals surface area contributed by atoms with Gasteiger partial charge in [-0.05, 0) is 24.0 Å². The maximum absolute atomic E-state index is 12.4. The van der Waals surface area contributed by atoms with Crippen LogP contribution in [0.4, 0.5) is 0 Å². The van der Waals surface area contributed by atoms with Crippen LogP contribution in [-0.4, -0.2) is 5.78 Å². The van der Waals surface area contributed by atoms with E-state index in [0.717, 1.165) is 35.1 Å². The smallest absolute Gasteiger partial charge is 0.185 e. The average Bonchev–Trinajstić information content (AvgIpc) is 2.97. The Morgan fingerprint density at radius 3 is 1.46 bits per heavy atom. The van der Waals surface area contributed by atoms with Crippen molar-refractivity contribution in [2.75, 3.05) is 0 Å². The van der Waals surface area contributed by atoms with Crippen LogP contribution in [-0.2, 0) is 4.79 Å². The predicted molar refractivity (Wildman–Crippen MR) is 101 cm³/mol. The molecule has 0 aliphatic heterocycles. The van der Waals surface area contributed by atoms with E-state index in [2.05, 4.69) is 0 Å². The summed E-state index contributed by atoms with van der Waals surface area (Å²) in [7, 11) is 0. The van der Waals surface area contributed by atoms with Crippen molar-refractivity contribution in [2.24, 2.45) is 0 Å². The first-order chi connectivity index (χ1) is 11.8. The number of Topliss-reactive ketones (excluding diaryl/α,β-unsaturated/α-hetero) is 1. The molecule has 0 amide bonds. The third-order valence-corrected chi connectivity index (χ3v) is 4.02. The second-order valence-electron chi connectivity index (χ2n) is 5.75. The minimum atomic E-state index is 0.172. The highest BCUT2D eigenvalue weighted by molar-refractivity contribution is 6.11. The molecule has 0 saturated heterocycles. The number of rotatable bonds is 4. The van der Waals surface area contributed by atoms with Gasteiger partial charge in [-0.1, -0.05) is 97.1 Å². The maximum Gasteiger partial charge on any atom is 0.185 e. The molecule has 0 N–H and O–H groups in total. The lowest BCUT2D eigenvalue weighted by atomic mass is 10.1. The Balaban J connectivity index is 1.64. The zero-order chi connectivity index (χ0) is 16.6. The minimum absolute atomic E-state index is 0.172. The molecule has 0 bridgehead atoms. The zero-order valence-electron chi connectivity index (χ0n) is 13.6. The van der Waals surface area contributed by atoms with Crippen LogP contribution in [0.3, 0.4) is 0 Å². The Morgan fingerprint density at radius 1 is 0.625 bits per heavy atom. The van der Waals surface area contributed by atoms with Gasteiger partial charge < -0.3 is 0 Å². The standard InChI is InChI=1S/C23H20O/c24-23-21(15-7-13-19-9-3-1-4-10-19)17-18-22(23)16-8-14-20-11-5-2-6-12-20/h1-16H,17-18H2/b13-7+,14-8?,21-15+,22-16?. The first-order valence-electron chi connectivity index (χ1n) is 8.22. The van der Waals surface area contributed by atoms with Crippen molar-refractivity contribution in [3.8, 4) is 0 Å². The highest BCUT2D eigenvalue weighted by Gasteiger charge is 2.21. The van der Waals surface area contributed by atoms with Crippen LogP contribution in [0.15, 0.2) is 96.1 Å². The van der Waals surface area contributed by atoms with E-state index in [4.69, 9.17) is 0 Å². The number of hydrogen-bond acceptors (Lipinski definition) is 1. The van der Waals surface area contributed by atoms with Crippen LogP contribution in [0.5, 0.6) is 0 Å². The zero-order valence-corrected chi connectivity index (χ0v) is 13.6. The van der Waals surface area contributed by atoms with E-state index in [-0.39, 0.29) is 5.78 Å². The fourth-order valence-electron chi connectivity index (χ4n) is 2.70. The molecule has 0 unspecified atom stereocenters. The van der Waals surface area contributed by atoms with Crippen LogP contribution in [0.2, 0.25) is 0 Å². The molecule has 2 aromatic carbocycles. The van der Waals surface area contributed by atoms with E-state index in [0.29, 0.717) is 0 Å². The lowest BCUT2D eigenvalue weighted by molar-refractivity contribution is -0.111. The summed E-state index contributed by atoms with van der Waals surface area (Å²) < 4.78 is 0. The van der Waals surface area contributed by atoms with Crippen molar-refractivity contribution < 1.29 is 4.79 Å². The van der Waals surface area contributed by atoms with Crippen LogP contribution in [0.25, 0.3) is 12.2 Å². The van der Waals surface area contributed by atoms with Gasteiger partial charge in [-0.3, -0.25) is 4.79 Å². The van der Waals surface area contributed by atoms with Crippen molar-refractivity contribution in [3.05, 3.63) is 107 Å². The molecule has 2 aromatic rings. The molecule has 24 heavy (non-hydrogen) atoms. The van der Waals surface area contributed by atoms with E-state index in [1.54, 1.807) is 0 Å². The van der Waals surface area contributed by atoms with Gasteiger partial charge in [0.2, 0.25) is 0 Å².